The number of hydrogen-bond donors (Lipinski definition) is 3. The SMILES string of the molecule is CNC1c2ccccc2NN1N(C[SH](=O)=O)S(=O)(=O)c1ccccc1. The van der Waals surface area contributed by atoms with Crippen LogP contribution in [0.3, 0.4) is 0 Å². The van der Waals surface area contributed by atoms with Crippen molar-refractivity contribution in [1.82, 2.24) is 14.8 Å². The molecule has 0 fully saturated rings. The van der Waals surface area contributed by atoms with Crippen molar-refractivity contribution in [2.75, 3.05) is 18.4 Å². The summed E-state index contributed by atoms with van der Waals surface area (Å²) in [6.07, 6.45) is -0.537. The number of anilines is 1. The van der Waals surface area contributed by atoms with E-state index in [0.29, 0.717) is 5.69 Å². The zero-order chi connectivity index (χ0) is 18.0. The molecule has 3 rings (SSSR count). The Bertz CT molecular complexity index is 924. The number of hydrazine groups is 2. The summed E-state index contributed by atoms with van der Waals surface area (Å²) < 4.78 is 49.6. The van der Waals surface area contributed by atoms with Crippen LogP contribution in [0.5, 0.6) is 0 Å². The molecule has 0 amide bonds. The molecule has 0 aliphatic carbocycles. The van der Waals surface area contributed by atoms with Gasteiger partial charge < -0.3 is 5.43 Å². The van der Waals surface area contributed by atoms with Crippen LogP contribution >= 0.6 is 0 Å². The van der Waals surface area contributed by atoms with Gasteiger partial charge in [0, 0.05) is 5.56 Å². The standard InChI is InChI=1S/C15H18N4O4S2/c1-16-15-13-9-5-6-10-14(13)17-19(15)18(11-24(20)21)25(22,23)12-7-3-2-4-8-12/h2-10,15-17,24H,11H2,1H3. The molecule has 1 aliphatic heterocycles. The zero-order valence-corrected chi connectivity index (χ0v) is 15.1. The highest BCUT2D eigenvalue weighted by Crippen LogP contribution is 2.35. The largest absolute Gasteiger partial charge is 0.302 e. The van der Waals surface area contributed by atoms with Gasteiger partial charge in [-0.05, 0) is 25.2 Å². The lowest BCUT2D eigenvalue weighted by Gasteiger charge is -2.33. The topological polar surface area (TPSA) is 98.8 Å². The molecule has 0 bridgehead atoms. The first-order valence-corrected chi connectivity index (χ1v) is 10.3. The van der Waals surface area contributed by atoms with Gasteiger partial charge >= 0.3 is 0 Å². The van der Waals surface area contributed by atoms with Crippen molar-refractivity contribution in [3.63, 3.8) is 0 Å². The fourth-order valence-electron chi connectivity index (χ4n) is 2.69. The van der Waals surface area contributed by atoms with E-state index in [1.54, 1.807) is 31.3 Å². The Morgan fingerprint density at radius 1 is 1.12 bits per heavy atom. The second-order valence-corrected chi connectivity index (χ2v) is 8.14. The number of benzene rings is 2. The van der Waals surface area contributed by atoms with Crippen LogP contribution in [0, 0.1) is 0 Å². The van der Waals surface area contributed by atoms with Crippen LogP contribution < -0.4 is 10.7 Å². The first kappa shape index (κ1) is 17.8. The van der Waals surface area contributed by atoms with Gasteiger partial charge in [-0.1, -0.05) is 40.8 Å². The summed E-state index contributed by atoms with van der Waals surface area (Å²) in [7, 11) is -5.37. The van der Waals surface area contributed by atoms with E-state index in [1.165, 1.54) is 17.3 Å². The quantitative estimate of drug-likeness (QED) is 0.633. The first-order chi connectivity index (χ1) is 11.9. The Labute approximate surface area is 148 Å². The van der Waals surface area contributed by atoms with Crippen molar-refractivity contribution in [2.24, 2.45) is 0 Å². The Kier molecular flexibility index (Phi) is 5.06. The molecule has 1 aliphatic rings. The third-order valence-corrected chi connectivity index (χ3v) is 6.22. The van der Waals surface area contributed by atoms with E-state index < -0.39 is 32.8 Å². The number of sulfonamides is 1. The van der Waals surface area contributed by atoms with E-state index in [4.69, 9.17) is 0 Å². The van der Waals surface area contributed by atoms with Crippen LogP contribution in [0.25, 0.3) is 0 Å². The minimum Gasteiger partial charge on any atom is -0.302 e. The number of thiol groups is 1. The maximum absolute atomic E-state index is 13.0. The number of fused-ring (bicyclic) bond motifs is 1. The van der Waals surface area contributed by atoms with Gasteiger partial charge in [-0.2, -0.15) is 0 Å². The molecule has 25 heavy (non-hydrogen) atoms. The molecule has 2 N–H and O–H groups in total. The molecule has 2 aromatic carbocycles. The van der Waals surface area contributed by atoms with E-state index in [1.807, 2.05) is 18.2 Å². The number of hydrogen-bond acceptors (Lipinski definition) is 7. The smallest absolute Gasteiger partial charge is 0.258 e. The summed E-state index contributed by atoms with van der Waals surface area (Å²) in [6, 6.07) is 15.0. The molecule has 2 aromatic rings. The van der Waals surface area contributed by atoms with E-state index >= 15 is 0 Å². The van der Waals surface area contributed by atoms with Crippen LogP contribution in [0.4, 0.5) is 5.69 Å². The average Bonchev–Trinajstić information content (AvgIpc) is 2.98. The number of rotatable bonds is 6. The van der Waals surface area contributed by atoms with E-state index in [0.717, 1.165) is 9.98 Å². The minimum absolute atomic E-state index is 0.0134. The van der Waals surface area contributed by atoms with E-state index in [9.17, 15) is 16.8 Å². The van der Waals surface area contributed by atoms with Gasteiger partial charge in [-0.25, -0.2) is 16.8 Å². The molecule has 0 radical (unpaired) electrons. The lowest BCUT2D eigenvalue weighted by atomic mass is 10.1. The van der Waals surface area contributed by atoms with Crippen LogP contribution in [-0.2, 0) is 20.7 Å². The lowest BCUT2D eigenvalue weighted by molar-refractivity contribution is 0.0548. The van der Waals surface area contributed by atoms with Gasteiger partial charge in [-0.15, -0.1) is 5.12 Å². The van der Waals surface area contributed by atoms with Gasteiger partial charge in [-0.3, -0.25) is 5.32 Å². The summed E-state index contributed by atoms with van der Waals surface area (Å²) in [6.45, 7) is 0. The first-order valence-electron chi connectivity index (χ1n) is 7.46. The molecule has 134 valence electrons. The second-order valence-electron chi connectivity index (χ2n) is 5.35. The summed E-state index contributed by atoms with van der Waals surface area (Å²) in [4.78, 5) is 0.0134. The molecule has 0 aromatic heterocycles. The predicted octanol–water partition coefficient (Wildman–Crippen LogP) is 0.722. The Morgan fingerprint density at radius 2 is 1.76 bits per heavy atom. The summed E-state index contributed by atoms with van der Waals surface area (Å²) in [5.41, 5.74) is 4.49. The Morgan fingerprint density at radius 3 is 2.40 bits per heavy atom. The highest BCUT2D eigenvalue weighted by molar-refractivity contribution is 7.89. The number of nitrogens with one attached hydrogen (secondary N) is 2. The third-order valence-electron chi connectivity index (χ3n) is 3.80. The summed E-state index contributed by atoms with van der Waals surface area (Å²) in [5.74, 6) is -0.675. The second kappa shape index (κ2) is 7.10. The Hall–Kier alpha value is -1.98. The molecule has 1 unspecified atom stereocenters. The fourth-order valence-corrected chi connectivity index (χ4v) is 5.03. The van der Waals surface area contributed by atoms with Gasteiger partial charge in [0.15, 0.2) is 10.7 Å². The predicted molar refractivity (Wildman–Crippen MR) is 94.4 cm³/mol. The molecule has 8 nitrogen and oxygen atoms in total. The molecule has 0 saturated heterocycles. The maximum atomic E-state index is 13.0. The average molecular weight is 382 g/mol. The summed E-state index contributed by atoms with van der Waals surface area (Å²) >= 11 is 0. The van der Waals surface area contributed by atoms with Crippen molar-refractivity contribution in [3.8, 4) is 0 Å². The monoisotopic (exact) mass is 382 g/mol. The Balaban J connectivity index is 2.06. The van der Waals surface area contributed by atoms with Crippen molar-refractivity contribution in [3.05, 3.63) is 60.2 Å². The molecule has 10 heteroatoms. The van der Waals surface area contributed by atoms with Crippen LogP contribution in [0.15, 0.2) is 59.5 Å². The van der Waals surface area contributed by atoms with Crippen molar-refractivity contribution in [2.45, 2.75) is 11.1 Å². The molecule has 1 atom stereocenters. The van der Waals surface area contributed by atoms with Crippen molar-refractivity contribution < 1.29 is 16.8 Å². The van der Waals surface area contributed by atoms with Gasteiger partial charge in [0.05, 0.1) is 10.6 Å². The number of para-hydroxylation sites is 1. The highest BCUT2D eigenvalue weighted by atomic mass is 32.2. The third kappa shape index (κ3) is 3.39. The molecule has 0 spiro atoms. The molecule has 1 heterocycles. The van der Waals surface area contributed by atoms with Crippen LogP contribution in [0.1, 0.15) is 11.7 Å². The normalized spacial score (nSPS) is 17.6. The fraction of sp³-hybridized carbons (Fsp3) is 0.200. The number of nitrogens with zero attached hydrogens (tertiary/aromatic N) is 2. The van der Waals surface area contributed by atoms with E-state index in [2.05, 4.69) is 10.7 Å². The van der Waals surface area contributed by atoms with Gasteiger partial charge in [0.25, 0.3) is 10.0 Å². The van der Waals surface area contributed by atoms with Crippen LogP contribution in [-0.4, -0.2) is 39.3 Å². The zero-order valence-electron chi connectivity index (χ0n) is 13.4. The molecule has 0 saturated carbocycles. The maximum Gasteiger partial charge on any atom is 0.258 e. The van der Waals surface area contributed by atoms with Gasteiger partial charge in [0.1, 0.15) is 12.0 Å². The van der Waals surface area contributed by atoms with Crippen molar-refractivity contribution >= 4 is 26.4 Å². The van der Waals surface area contributed by atoms with Gasteiger partial charge in [0.2, 0.25) is 0 Å². The van der Waals surface area contributed by atoms with E-state index in [-0.39, 0.29) is 4.90 Å². The summed E-state index contributed by atoms with van der Waals surface area (Å²) in [5, 5.41) is 4.30. The molecular formula is C15H18N4O4S2. The van der Waals surface area contributed by atoms with Crippen molar-refractivity contribution in [1.29, 1.82) is 0 Å². The molecular weight excluding hydrogens is 364 g/mol. The minimum atomic E-state index is -4.07. The van der Waals surface area contributed by atoms with Crippen LogP contribution in [0.2, 0.25) is 0 Å². The lowest BCUT2D eigenvalue weighted by Crippen LogP contribution is -2.51. The highest BCUT2D eigenvalue weighted by Gasteiger charge is 2.39.